The third-order valence-electron chi connectivity index (χ3n) is 4.97. The molecule has 0 radical (unpaired) electrons. The third-order valence-corrected chi connectivity index (χ3v) is 4.97. The third kappa shape index (κ3) is 4.99. The number of nitrogens with one attached hydrogen (secondary N) is 1. The zero-order chi connectivity index (χ0) is 21.0. The van der Waals surface area contributed by atoms with Gasteiger partial charge in [0.05, 0.1) is 5.69 Å². The molecule has 0 bridgehead atoms. The first-order valence-corrected chi connectivity index (χ1v) is 9.72. The summed E-state index contributed by atoms with van der Waals surface area (Å²) in [5.41, 5.74) is 5.31. The highest BCUT2D eigenvalue weighted by molar-refractivity contribution is 5.76. The summed E-state index contributed by atoms with van der Waals surface area (Å²) >= 11 is 0. The van der Waals surface area contributed by atoms with Crippen molar-refractivity contribution in [2.75, 3.05) is 19.0 Å². The lowest BCUT2D eigenvalue weighted by Crippen LogP contribution is -2.23. The smallest absolute Gasteiger partial charge is 0.220 e. The quantitative estimate of drug-likeness (QED) is 0.669. The van der Waals surface area contributed by atoms with E-state index in [4.69, 9.17) is 0 Å². The number of benzene rings is 1. The first kappa shape index (κ1) is 20.5. The van der Waals surface area contributed by atoms with E-state index in [1.807, 2.05) is 55.7 Å². The number of nitrogens with zero attached hydrogens (tertiary/aromatic N) is 5. The van der Waals surface area contributed by atoms with Crippen LogP contribution in [0.5, 0.6) is 0 Å². The van der Waals surface area contributed by atoms with Crippen molar-refractivity contribution in [2.45, 2.75) is 40.2 Å². The van der Waals surface area contributed by atoms with Crippen molar-refractivity contribution in [3.8, 4) is 5.82 Å². The molecule has 0 saturated carbocycles. The molecule has 0 fully saturated rings. The molecule has 0 aliphatic rings. The van der Waals surface area contributed by atoms with Crippen LogP contribution in [0.25, 0.3) is 5.82 Å². The molecule has 0 aliphatic heterocycles. The maximum atomic E-state index is 12.3. The molecule has 0 aliphatic carbocycles. The molecule has 1 amide bonds. The monoisotopic (exact) mass is 392 g/mol. The molecule has 0 atom stereocenters. The average Bonchev–Trinajstić information content (AvgIpc) is 2.99. The lowest BCUT2D eigenvalue weighted by atomic mass is 10.1. The molecule has 7 heteroatoms. The molecule has 29 heavy (non-hydrogen) atoms. The van der Waals surface area contributed by atoms with Gasteiger partial charge in [0, 0.05) is 38.8 Å². The Morgan fingerprint density at radius 2 is 1.83 bits per heavy atom. The molecule has 3 aromatic rings. The minimum Gasteiger partial charge on any atom is -0.363 e. The van der Waals surface area contributed by atoms with E-state index in [0.717, 1.165) is 34.2 Å². The standard InChI is InChI=1S/C22H28N6O/c1-15-6-8-18(9-7-15)13-23-22(29)11-10-19-16(2)26-28(17(19)3)21-12-20(27(4)5)24-14-25-21/h6-9,12,14H,10-11,13H2,1-5H3,(H,23,29). The van der Waals surface area contributed by atoms with E-state index in [1.165, 1.54) is 5.56 Å². The predicted octanol–water partition coefficient (Wildman–Crippen LogP) is 2.90. The molecule has 0 unspecified atom stereocenters. The minimum atomic E-state index is 0.0362. The molecule has 2 heterocycles. The fraction of sp³-hybridized carbons (Fsp3) is 0.364. The molecule has 7 nitrogen and oxygen atoms in total. The Kier molecular flexibility index (Phi) is 6.26. The maximum Gasteiger partial charge on any atom is 0.220 e. The fourth-order valence-electron chi connectivity index (χ4n) is 3.19. The molecule has 1 N–H and O–H groups in total. The average molecular weight is 393 g/mol. The van der Waals surface area contributed by atoms with Crippen molar-refractivity contribution in [1.82, 2.24) is 25.1 Å². The van der Waals surface area contributed by atoms with Crippen LogP contribution in [0.2, 0.25) is 0 Å². The van der Waals surface area contributed by atoms with Crippen molar-refractivity contribution >= 4 is 11.7 Å². The Balaban J connectivity index is 1.65. The van der Waals surface area contributed by atoms with Gasteiger partial charge in [0.15, 0.2) is 5.82 Å². The number of hydrogen-bond donors (Lipinski definition) is 1. The van der Waals surface area contributed by atoms with Crippen molar-refractivity contribution < 1.29 is 4.79 Å². The van der Waals surface area contributed by atoms with Gasteiger partial charge in [0.25, 0.3) is 0 Å². The van der Waals surface area contributed by atoms with Crippen LogP contribution in [0.1, 0.15) is 34.5 Å². The molecule has 0 saturated heterocycles. The summed E-state index contributed by atoms with van der Waals surface area (Å²) in [4.78, 5) is 22.8. The van der Waals surface area contributed by atoms with Gasteiger partial charge in [-0.3, -0.25) is 4.79 Å². The lowest BCUT2D eigenvalue weighted by Gasteiger charge is -2.12. The van der Waals surface area contributed by atoms with Crippen LogP contribution in [-0.2, 0) is 17.8 Å². The summed E-state index contributed by atoms with van der Waals surface area (Å²) in [5, 5.41) is 7.63. The van der Waals surface area contributed by atoms with Crippen LogP contribution in [0.3, 0.4) is 0 Å². The largest absolute Gasteiger partial charge is 0.363 e. The molecular formula is C22H28N6O. The predicted molar refractivity (Wildman–Crippen MR) is 114 cm³/mol. The molecular weight excluding hydrogens is 364 g/mol. The highest BCUT2D eigenvalue weighted by atomic mass is 16.1. The SMILES string of the molecule is Cc1ccc(CNC(=O)CCc2c(C)nn(-c3cc(N(C)C)ncn3)c2C)cc1. The maximum absolute atomic E-state index is 12.3. The number of carbonyl (C=O) groups is 1. The van der Waals surface area contributed by atoms with Crippen molar-refractivity contribution in [1.29, 1.82) is 0 Å². The van der Waals surface area contributed by atoms with Gasteiger partial charge in [0.2, 0.25) is 5.91 Å². The zero-order valence-corrected chi connectivity index (χ0v) is 17.7. The second-order valence-electron chi connectivity index (χ2n) is 7.45. The summed E-state index contributed by atoms with van der Waals surface area (Å²) in [5.74, 6) is 1.58. The van der Waals surface area contributed by atoms with E-state index in [1.54, 1.807) is 6.33 Å². The highest BCUT2D eigenvalue weighted by Gasteiger charge is 2.15. The number of carbonyl (C=O) groups excluding carboxylic acids is 1. The van der Waals surface area contributed by atoms with Gasteiger partial charge >= 0.3 is 0 Å². The minimum absolute atomic E-state index is 0.0362. The molecule has 152 valence electrons. The van der Waals surface area contributed by atoms with E-state index in [0.29, 0.717) is 19.4 Å². The Labute approximate surface area is 171 Å². The highest BCUT2D eigenvalue weighted by Crippen LogP contribution is 2.20. The van der Waals surface area contributed by atoms with E-state index in [2.05, 4.69) is 39.4 Å². The second kappa shape index (κ2) is 8.86. The van der Waals surface area contributed by atoms with Gasteiger partial charge < -0.3 is 10.2 Å². The summed E-state index contributed by atoms with van der Waals surface area (Å²) in [6.07, 6.45) is 2.61. The zero-order valence-electron chi connectivity index (χ0n) is 17.7. The van der Waals surface area contributed by atoms with Gasteiger partial charge in [-0.25, -0.2) is 14.6 Å². The van der Waals surface area contributed by atoms with Crippen molar-refractivity contribution in [2.24, 2.45) is 0 Å². The fourth-order valence-corrected chi connectivity index (χ4v) is 3.19. The first-order valence-electron chi connectivity index (χ1n) is 9.72. The second-order valence-corrected chi connectivity index (χ2v) is 7.45. The molecule has 0 spiro atoms. The van der Waals surface area contributed by atoms with Crippen molar-refractivity contribution in [3.63, 3.8) is 0 Å². The molecule has 3 rings (SSSR count). The van der Waals surface area contributed by atoms with Crippen LogP contribution in [0.4, 0.5) is 5.82 Å². The van der Waals surface area contributed by atoms with Crippen molar-refractivity contribution in [3.05, 3.63) is 64.7 Å². The lowest BCUT2D eigenvalue weighted by molar-refractivity contribution is -0.121. The van der Waals surface area contributed by atoms with Crippen LogP contribution < -0.4 is 10.2 Å². The summed E-state index contributed by atoms with van der Waals surface area (Å²) < 4.78 is 1.82. The summed E-state index contributed by atoms with van der Waals surface area (Å²) in [6.45, 7) is 6.58. The van der Waals surface area contributed by atoms with E-state index in [9.17, 15) is 4.79 Å². The van der Waals surface area contributed by atoms with E-state index < -0.39 is 0 Å². The Morgan fingerprint density at radius 3 is 2.52 bits per heavy atom. The first-order chi connectivity index (χ1) is 13.8. The Bertz CT molecular complexity index is 991. The molecule has 2 aromatic heterocycles. The van der Waals surface area contributed by atoms with E-state index >= 15 is 0 Å². The number of hydrogen-bond acceptors (Lipinski definition) is 5. The van der Waals surface area contributed by atoms with Gasteiger partial charge in [-0.2, -0.15) is 5.10 Å². The van der Waals surface area contributed by atoms with Gasteiger partial charge in [-0.05, 0) is 38.3 Å². The summed E-state index contributed by atoms with van der Waals surface area (Å²) in [6, 6.07) is 10.1. The number of aryl methyl sites for hydroxylation is 2. The summed E-state index contributed by atoms with van der Waals surface area (Å²) in [7, 11) is 3.88. The normalized spacial score (nSPS) is 10.8. The van der Waals surface area contributed by atoms with Gasteiger partial charge in [-0.1, -0.05) is 29.8 Å². The van der Waals surface area contributed by atoms with Crippen LogP contribution >= 0.6 is 0 Å². The Morgan fingerprint density at radius 1 is 1.10 bits per heavy atom. The number of rotatable bonds is 7. The number of amides is 1. The Hall–Kier alpha value is -3.22. The topological polar surface area (TPSA) is 75.9 Å². The van der Waals surface area contributed by atoms with E-state index in [-0.39, 0.29) is 5.91 Å². The molecule has 1 aromatic carbocycles. The van der Waals surface area contributed by atoms with Crippen LogP contribution in [0, 0.1) is 20.8 Å². The van der Waals surface area contributed by atoms with Gasteiger partial charge in [-0.15, -0.1) is 0 Å². The van der Waals surface area contributed by atoms with Crippen LogP contribution in [0.15, 0.2) is 36.7 Å². The number of aromatic nitrogens is 4. The van der Waals surface area contributed by atoms with Gasteiger partial charge in [0.1, 0.15) is 12.1 Å². The number of anilines is 1. The van der Waals surface area contributed by atoms with Crippen LogP contribution in [-0.4, -0.2) is 39.8 Å².